The SMILES string of the molecule is Nc1nn(-c2ccc(F)cc2F)c2c1[C@@H]1CC[C@H]2C1. The van der Waals surface area contributed by atoms with Crippen molar-refractivity contribution in [1.82, 2.24) is 9.78 Å². The fourth-order valence-corrected chi connectivity index (χ4v) is 3.60. The van der Waals surface area contributed by atoms with E-state index in [1.807, 2.05) is 0 Å². The van der Waals surface area contributed by atoms with Crippen molar-refractivity contribution in [2.24, 2.45) is 0 Å². The van der Waals surface area contributed by atoms with Gasteiger partial charge in [-0.1, -0.05) is 0 Å². The average Bonchev–Trinajstić information content (AvgIpc) is 3.02. The summed E-state index contributed by atoms with van der Waals surface area (Å²) in [6, 6.07) is 3.55. The molecule has 0 saturated heterocycles. The van der Waals surface area contributed by atoms with Crippen molar-refractivity contribution in [2.75, 3.05) is 5.73 Å². The summed E-state index contributed by atoms with van der Waals surface area (Å²) >= 11 is 0. The molecule has 1 heterocycles. The molecule has 0 amide bonds. The first kappa shape index (κ1) is 11.0. The highest BCUT2D eigenvalue weighted by molar-refractivity contribution is 5.54. The van der Waals surface area contributed by atoms with Gasteiger partial charge < -0.3 is 5.73 Å². The van der Waals surface area contributed by atoms with E-state index < -0.39 is 11.6 Å². The minimum Gasteiger partial charge on any atom is -0.382 e. The quantitative estimate of drug-likeness (QED) is 0.857. The molecule has 0 radical (unpaired) electrons. The van der Waals surface area contributed by atoms with Crippen LogP contribution in [0.4, 0.5) is 14.6 Å². The summed E-state index contributed by atoms with van der Waals surface area (Å²) in [4.78, 5) is 0. The van der Waals surface area contributed by atoms with Crippen molar-refractivity contribution in [3.05, 3.63) is 41.1 Å². The summed E-state index contributed by atoms with van der Waals surface area (Å²) in [5.74, 6) is 0.185. The van der Waals surface area contributed by atoms with Gasteiger partial charge in [0.2, 0.25) is 0 Å². The van der Waals surface area contributed by atoms with E-state index in [4.69, 9.17) is 5.73 Å². The second-order valence-corrected chi connectivity index (χ2v) is 5.40. The molecule has 4 rings (SSSR count). The average molecular weight is 261 g/mol. The van der Waals surface area contributed by atoms with Crippen molar-refractivity contribution in [2.45, 2.75) is 31.1 Å². The number of benzene rings is 1. The number of nitrogens with zero attached hydrogens (tertiary/aromatic N) is 2. The van der Waals surface area contributed by atoms with Gasteiger partial charge in [0.25, 0.3) is 0 Å². The maximum Gasteiger partial charge on any atom is 0.151 e. The second kappa shape index (κ2) is 3.56. The number of rotatable bonds is 1. The standard InChI is InChI=1S/C14H13F2N3/c15-9-3-4-11(10(16)6-9)19-13-8-2-1-7(5-8)12(13)14(17)18-19/h3-4,6-8H,1-2,5H2,(H2,17,18)/t7-,8+/m1/s1. The molecule has 98 valence electrons. The van der Waals surface area contributed by atoms with Crippen LogP contribution in [0, 0.1) is 11.6 Å². The Bertz CT molecular complexity index is 678. The number of halogens is 2. The fourth-order valence-electron chi connectivity index (χ4n) is 3.60. The summed E-state index contributed by atoms with van der Waals surface area (Å²) in [6.45, 7) is 0. The lowest BCUT2D eigenvalue weighted by molar-refractivity contribution is 0.567. The lowest BCUT2D eigenvalue weighted by atomic mass is 9.97. The third kappa shape index (κ3) is 1.38. The van der Waals surface area contributed by atoms with Gasteiger partial charge in [0.15, 0.2) is 5.82 Å². The van der Waals surface area contributed by atoms with E-state index in [-0.39, 0.29) is 5.69 Å². The molecular weight excluding hydrogens is 248 g/mol. The summed E-state index contributed by atoms with van der Waals surface area (Å²) < 4.78 is 28.5. The lowest BCUT2D eigenvalue weighted by Crippen LogP contribution is -2.07. The molecule has 2 aliphatic rings. The minimum absolute atomic E-state index is 0.280. The fraction of sp³-hybridized carbons (Fsp3) is 0.357. The van der Waals surface area contributed by atoms with Gasteiger partial charge in [-0.25, -0.2) is 13.5 Å². The zero-order chi connectivity index (χ0) is 13.1. The van der Waals surface area contributed by atoms with E-state index in [0.29, 0.717) is 17.7 Å². The topological polar surface area (TPSA) is 43.8 Å². The van der Waals surface area contributed by atoms with Crippen LogP contribution in [0.5, 0.6) is 0 Å². The smallest absolute Gasteiger partial charge is 0.151 e. The molecule has 0 aliphatic heterocycles. The first-order valence-electron chi connectivity index (χ1n) is 6.49. The molecule has 1 aromatic heterocycles. The number of aromatic nitrogens is 2. The van der Waals surface area contributed by atoms with Gasteiger partial charge in [0.1, 0.15) is 17.3 Å². The van der Waals surface area contributed by atoms with Crippen LogP contribution < -0.4 is 5.73 Å². The molecule has 0 unspecified atom stereocenters. The first-order chi connectivity index (χ1) is 9.15. The largest absolute Gasteiger partial charge is 0.382 e. The van der Waals surface area contributed by atoms with Gasteiger partial charge in [0, 0.05) is 17.5 Å². The van der Waals surface area contributed by atoms with Crippen LogP contribution in [-0.4, -0.2) is 9.78 Å². The van der Waals surface area contributed by atoms with E-state index >= 15 is 0 Å². The lowest BCUT2D eigenvalue weighted by Gasteiger charge is -2.14. The number of hydrogen-bond donors (Lipinski definition) is 1. The van der Waals surface area contributed by atoms with Crippen molar-refractivity contribution in [3.8, 4) is 5.69 Å². The molecule has 1 saturated carbocycles. The minimum atomic E-state index is -0.604. The van der Waals surface area contributed by atoms with Gasteiger partial charge in [-0.3, -0.25) is 0 Å². The van der Waals surface area contributed by atoms with Crippen LogP contribution >= 0.6 is 0 Å². The third-order valence-electron chi connectivity index (χ3n) is 4.35. The zero-order valence-electron chi connectivity index (χ0n) is 10.2. The van der Waals surface area contributed by atoms with Gasteiger partial charge in [-0.05, 0) is 37.3 Å². The van der Waals surface area contributed by atoms with Crippen molar-refractivity contribution in [1.29, 1.82) is 0 Å². The van der Waals surface area contributed by atoms with Gasteiger partial charge >= 0.3 is 0 Å². The number of anilines is 1. The Morgan fingerprint density at radius 2 is 2.00 bits per heavy atom. The predicted octanol–water partition coefficient (Wildman–Crippen LogP) is 3.10. The van der Waals surface area contributed by atoms with E-state index in [1.165, 1.54) is 12.1 Å². The van der Waals surface area contributed by atoms with Crippen LogP contribution in [0.2, 0.25) is 0 Å². The molecule has 1 fully saturated rings. The molecule has 19 heavy (non-hydrogen) atoms. The van der Waals surface area contributed by atoms with Crippen LogP contribution in [0.3, 0.4) is 0 Å². The molecule has 3 nitrogen and oxygen atoms in total. The summed E-state index contributed by atoms with van der Waals surface area (Å²) in [7, 11) is 0. The summed E-state index contributed by atoms with van der Waals surface area (Å²) in [5, 5.41) is 4.27. The number of hydrogen-bond acceptors (Lipinski definition) is 2. The Labute approximate surface area is 109 Å². The molecular formula is C14H13F2N3. The molecule has 2 bridgehead atoms. The van der Waals surface area contributed by atoms with E-state index in [1.54, 1.807) is 4.68 Å². The highest BCUT2D eigenvalue weighted by Crippen LogP contribution is 2.55. The van der Waals surface area contributed by atoms with E-state index in [2.05, 4.69) is 5.10 Å². The van der Waals surface area contributed by atoms with Crippen LogP contribution in [0.15, 0.2) is 18.2 Å². The Hall–Kier alpha value is -1.91. The Kier molecular flexibility index (Phi) is 2.05. The summed E-state index contributed by atoms with van der Waals surface area (Å²) in [5.41, 5.74) is 8.36. The van der Waals surface area contributed by atoms with Crippen molar-refractivity contribution in [3.63, 3.8) is 0 Å². The zero-order valence-corrected chi connectivity index (χ0v) is 10.2. The normalized spacial score (nSPS) is 23.9. The number of nitrogen functional groups attached to an aromatic ring is 1. The number of nitrogens with two attached hydrogens (primary N) is 1. The van der Waals surface area contributed by atoms with E-state index in [9.17, 15) is 8.78 Å². The van der Waals surface area contributed by atoms with E-state index in [0.717, 1.165) is 36.6 Å². The highest BCUT2D eigenvalue weighted by Gasteiger charge is 2.42. The monoisotopic (exact) mass is 261 g/mol. The highest BCUT2D eigenvalue weighted by atomic mass is 19.1. The molecule has 2 N–H and O–H groups in total. The van der Waals surface area contributed by atoms with Crippen LogP contribution in [0.1, 0.15) is 42.4 Å². The van der Waals surface area contributed by atoms with Crippen molar-refractivity contribution >= 4 is 5.82 Å². The molecule has 2 aromatic rings. The second-order valence-electron chi connectivity index (χ2n) is 5.40. The Balaban J connectivity index is 1.94. The van der Waals surface area contributed by atoms with Gasteiger partial charge in [-0.15, -0.1) is 0 Å². The van der Waals surface area contributed by atoms with Crippen LogP contribution in [-0.2, 0) is 0 Å². The third-order valence-corrected chi connectivity index (χ3v) is 4.35. The maximum absolute atomic E-state index is 13.9. The van der Waals surface area contributed by atoms with Gasteiger partial charge in [0.05, 0.1) is 5.69 Å². The predicted molar refractivity (Wildman–Crippen MR) is 67.2 cm³/mol. The molecule has 2 aliphatic carbocycles. The maximum atomic E-state index is 13.9. The number of fused-ring (bicyclic) bond motifs is 5. The summed E-state index contributed by atoms with van der Waals surface area (Å²) in [6.07, 6.45) is 3.32. The molecule has 2 atom stereocenters. The van der Waals surface area contributed by atoms with Crippen molar-refractivity contribution < 1.29 is 8.78 Å². The molecule has 0 spiro atoms. The Morgan fingerprint density at radius 1 is 1.21 bits per heavy atom. The van der Waals surface area contributed by atoms with Gasteiger partial charge in [-0.2, -0.15) is 5.10 Å². The molecule has 5 heteroatoms. The molecule has 1 aromatic carbocycles. The first-order valence-corrected chi connectivity index (χ1v) is 6.49. The van der Waals surface area contributed by atoms with Crippen LogP contribution in [0.25, 0.3) is 5.69 Å². The Morgan fingerprint density at radius 3 is 2.79 bits per heavy atom.